The maximum atomic E-state index is 13.3. The van der Waals surface area contributed by atoms with E-state index >= 15 is 0 Å². The first-order valence-electron chi connectivity index (χ1n) is 10.3. The van der Waals surface area contributed by atoms with Gasteiger partial charge in [0, 0.05) is 19.5 Å². The molecule has 0 radical (unpaired) electrons. The summed E-state index contributed by atoms with van der Waals surface area (Å²) in [7, 11) is 1.76. The van der Waals surface area contributed by atoms with Gasteiger partial charge in [-0.05, 0) is 38.3 Å². The minimum Gasteiger partial charge on any atom is -0.333 e. The van der Waals surface area contributed by atoms with Crippen molar-refractivity contribution in [3.05, 3.63) is 40.4 Å². The standard InChI is InChI=1S/C22H33N3O2/c1-6-10-13-16(7-2)21(26)25(9-4)19(8-3)20-23-18-15-12-11-14-17(18)22(27)24(20)5/h11-12,14-16,19H,6-10,13H2,1-5H3. The van der Waals surface area contributed by atoms with Crippen LogP contribution in [-0.4, -0.2) is 26.9 Å². The molecule has 27 heavy (non-hydrogen) atoms. The number of aromatic nitrogens is 2. The highest BCUT2D eigenvalue weighted by Gasteiger charge is 2.30. The fourth-order valence-electron chi connectivity index (χ4n) is 3.79. The van der Waals surface area contributed by atoms with Gasteiger partial charge in [0.15, 0.2) is 0 Å². The first-order valence-corrected chi connectivity index (χ1v) is 10.3. The number of hydrogen-bond donors (Lipinski definition) is 0. The third kappa shape index (κ3) is 4.40. The lowest BCUT2D eigenvalue weighted by atomic mass is 9.96. The molecule has 0 aliphatic rings. The predicted octanol–water partition coefficient (Wildman–Crippen LogP) is 4.45. The van der Waals surface area contributed by atoms with Crippen molar-refractivity contribution in [1.82, 2.24) is 14.5 Å². The number of unbranched alkanes of at least 4 members (excludes halogenated alkanes) is 1. The van der Waals surface area contributed by atoms with E-state index in [2.05, 4.69) is 20.8 Å². The molecule has 0 aliphatic heterocycles. The second kappa shape index (κ2) is 9.67. The molecule has 2 aromatic rings. The molecule has 2 rings (SSSR count). The number of benzene rings is 1. The van der Waals surface area contributed by atoms with Crippen LogP contribution in [0.1, 0.15) is 71.7 Å². The Morgan fingerprint density at radius 2 is 1.85 bits per heavy atom. The molecule has 1 amide bonds. The summed E-state index contributed by atoms with van der Waals surface area (Å²) in [5, 5.41) is 0.613. The van der Waals surface area contributed by atoms with E-state index in [0.29, 0.717) is 23.3 Å². The number of para-hydroxylation sites is 1. The molecule has 5 heteroatoms. The largest absolute Gasteiger partial charge is 0.333 e. The summed E-state index contributed by atoms with van der Waals surface area (Å²) >= 11 is 0. The molecule has 0 fully saturated rings. The van der Waals surface area contributed by atoms with Crippen LogP contribution in [0.25, 0.3) is 10.9 Å². The Labute approximate surface area is 162 Å². The minimum absolute atomic E-state index is 0.0384. The first kappa shape index (κ1) is 21.1. The third-order valence-electron chi connectivity index (χ3n) is 5.45. The molecule has 0 saturated carbocycles. The molecular formula is C22H33N3O2. The van der Waals surface area contributed by atoms with Crippen molar-refractivity contribution in [3.63, 3.8) is 0 Å². The number of nitrogens with zero attached hydrogens (tertiary/aromatic N) is 3. The lowest BCUT2D eigenvalue weighted by Crippen LogP contribution is -2.41. The van der Waals surface area contributed by atoms with Crippen molar-refractivity contribution in [3.8, 4) is 0 Å². The van der Waals surface area contributed by atoms with Gasteiger partial charge in [0.1, 0.15) is 5.82 Å². The maximum absolute atomic E-state index is 13.3. The Balaban J connectivity index is 2.47. The second-order valence-electron chi connectivity index (χ2n) is 7.15. The highest BCUT2D eigenvalue weighted by molar-refractivity contribution is 5.80. The van der Waals surface area contributed by atoms with Gasteiger partial charge in [-0.25, -0.2) is 4.98 Å². The molecule has 0 aliphatic carbocycles. The average molecular weight is 372 g/mol. The Bertz CT molecular complexity index is 828. The first-order chi connectivity index (χ1) is 13.0. The van der Waals surface area contributed by atoms with Crippen LogP contribution in [0.15, 0.2) is 29.1 Å². The molecule has 1 heterocycles. The molecule has 148 valence electrons. The van der Waals surface area contributed by atoms with Crippen LogP contribution in [0.2, 0.25) is 0 Å². The van der Waals surface area contributed by atoms with E-state index in [1.54, 1.807) is 17.7 Å². The van der Waals surface area contributed by atoms with Gasteiger partial charge in [-0.2, -0.15) is 0 Å². The summed E-state index contributed by atoms with van der Waals surface area (Å²) in [5.41, 5.74) is 0.631. The summed E-state index contributed by atoms with van der Waals surface area (Å²) in [6.07, 6.45) is 4.64. The summed E-state index contributed by atoms with van der Waals surface area (Å²) in [5.74, 6) is 0.890. The number of rotatable bonds is 9. The van der Waals surface area contributed by atoms with Crippen LogP contribution in [-0.2, 0) is 11.8 Å². The van der Waals surface area contributed by atoms with Crippen LogP contribution in [0.3, 0.4) is 0 Å². The van der Waals surface area contributed by atoms with Crippen molar-refractivity contribution in [1.29, 1.82) is 0 Å². The molecule has 0 spiro atoms. The van der Waals surface area contributed by atoms with Crippen LogP contribution in [0, 0.1) is 5.92 Å². The zero-order valence-corrected chi connectivity index (χ0v) is 17.4. The minimum atomic E-state index is -0.194. The highest BCUT2D eigenvalue weighted by atomic mass is 16.2. The fourth-order valence-corrected chi connectivity index (χ4v) is 3.79. The maximum Gasteiger partial charge on any atom is 0.261 e. The second-order valence-corrected chi connectivity index (χ2v) is 7.15. The fraction of sp³-hybridized carbons (Fsp3) is 0.591. The average Bonchev–Trinajstić information content (AvgIpc) is 2.69. The van der Waals surface area contributed by atoms with E-state index in [0.717, 1.165) is 32.1 Å². The monoisotopic (exact) mass is 371 g/mol. The van der Waals surface area contributed by atoms with Gasteiger partial charge in [-0.15, -0.1) is 0 Å². The van der Waals surface area contributed by atoms with Crippen LogP contribution in [0.4, 0.5) is 0 Å². The number of hydrogen-bond acceptors (Lipinski definition) is 3. The lowest BCUT2D eigenvalue weighted by Gasteiger charge is -2.33. The van der Waals surface area contributed by atoms with Crippen molar-refractivity contribution < 1.29 is 4.79 Å². The zero-order valence-electron chi connectivity index (χ0n) is 17.4. The number of amides is 1. The van der Waals surface area contributed by atoms with E-state index in [9.17, 15) is 9.59 Å². The SMILES string of the molecule is CCCCC(CC)C(=O)N(CC)C(CC)c1nc2ccccc2c(=O)n1C. The Hall–Kier alpha value is -2.17. The van der Waals surface area contributed by atoms with E-state index in [1.807, 2.05) is 30.0 Å². The molecule has 5 nitrogen and oxygen atoms in total. The van der Waals surface area contributed by atoms with E-state index < -0.39 is 0 Å². The van der Waals surface area contributed by atoms with Crippen LogP contribution < -0.4 is 5.56 Å². The van der Waals surface area contributed by atoms with Crippen molar-refractivity contribution >= 4 is 16.8 Å². The molecule has 0 bridgehead atoms. The molecule has 2 atom stereocenters. The van der Waals surface area contributed by atoms with Gasteiger partial charge >= 0.3 is 0 Å². The molecule has 1 aromatic carbocycles. The molecule has 2 unspecified atom stereocenters. The summed E-state index contributed by atoms with van der Waals surface area (Å²) < 4.78 is 1.61. The Morgan fingerprint density at radius 1 is 1.15 bits per heavy atom. The van der Waals surface area contributed by atoms with Gasteiger partial charge in [0.25, 0.3) is 5.56 Å². The van der Waals surface area contributed by atoms with Crippen molar-refractivity contribution in [2.45, 2.75) is 65.8 Å². The summed E-state index contributed by atoms with van der Waals surface area (Å²) in [6, 6.07) is 7.21. The van der Waals surface area contributed by atoms with Gasteiger partial charge in [-0.3, -0.25) is 14.2 Å². The van der Waals surface area contributed by atoms with Crippen LogP contribution >= 0.6 is 0 Å². The van der Waals surface area contributed by atoms with Gasteiger partial charge < -0.3 is 4.90 Å². The summed E-state index contributed by atoms with van der Waals surface area (Å²) in [6.45, 7) is 8.90. The zero-order chi connectivity index (χ0) is 20.0. The molecule has 0 saturated heterocycles. The smallest absolute Gasteiger partial charge is 0.261 e. The molecule has 0 N–H and O–H groups in total. The normalized spacial score (nSPS) is 13.5. The topological polar surface area (TPSA) is 55.2 Å². The number of carbonyl (C=O) groups is 1. The van der Waals surface area contributed by atoms with Crippen LogP contribution in [0.5, 0.6) is 0 Å². The highest BCUT2D eigenvalue weighted by Crippen LogP contribution is 2.27. The van der Waals surface area contributed by atoms with Crippen molar-refractivity contribution in [2.24, 2.45) is 13.0 Å². The third-order valence-corrected chi connectivity index (χ3v) is 5.45. The van der Waals surface area contributed by atoms with E-state index in [4.69, 9.17) is 4.98 Å². The predicted molar refractivity (Wildman–Crippen MR) is 111 cm³/mol. The Kier molecular flexibility index (Phi) is 7.57. The van der Waals surface area contributed by atoms with Crippen molar-refractivity contribution in [2.75, 3.05) is 6.54 Å². The molecule has 1 aromatic heterocycles. The van der Waals surface area contributed by atoms with E-state index in [-0.39, 0.29) is 23.4 Å². The number of fused-ring (bicyclic) bond motifs is 1. The lowest BCUT2D eigenvalue weighted by molar-refractivity contribution is -0.138. The Morgan fingerprint density at radius 3 is 2.44 bits per heavy atom. The van der Waals surface area contributed by atoms with Gasteiger partial charge in [-0.1, -0.05) is 45.7 Å². The number of carbonyl (C=O) groups excluding carboxylic acids is 1. The van der Waals surface area contributed by atoms with Gasteiger partial charge in [0.05, 0.1) is 16.9 Å². The van der Waals surface area contributed by atoms with Gasteiger partial charge in [0.2, 0.25) is 5.91 Å². The van der Waals surface area contributed by atoms with E-state index in [1.165, 1.54) is 0 Å². The summed E-state index contributed by atoms with van der Waals surface area (Å²) in [4.78, 5) is 32.7. The molecular weight excluding hydrogens is 338 g/mol. The quantitative estimate of drug-likeness (QED) is 0.654.